The molecule has 0 spiro atoms. The van der Waals surface area contributed by atoms with Gasteiger partial charge in [0.05, 0.1) is 0 Å². The summed E-state index contributed by atoms with van der Waals surface area (Å²) in [5.74, 6) is 0. The van der Waals surface area contributed by atoms with Crippen LogP contribution in [0.3, 0.4) is 0 Å². The van der Waals surface area contributed by atoms with E-state index in [0.717, 1.165) is 5.52 Å². The molecule has 1 nitrogen and oxygen atoms in total. The normalized spacial score (nSPS) is 10.8. The van der Waals surface area contributed by atoms with E-state index in [4.69, 9.17) is 4.98 Å². The molecule has 0 aliphatic heterocycles. The van der Waals surface area contributed by atoms with Gasteiger partial charge in [-0.05, 0) is 0 Å². The van der Waals surface area contributed by atoms with Crippen LogP contribution in [0.4, 0.5) is 0 Å². The van der Waals surface area contributed by atoms with Crippen molar-refractivity contribution in [2.75, 3.05) is 0 Å². The number of rotatable bonds is 1. The SMILES string of the molecule is Cc1ccc(-c2nc3ccccc3[se]2)cc1. The first-order valence-electron chi connectivity index (χ1n) is 5.25. The molecule has 0 aliphatic rings. The van der Waals surface area contributed by atoms with Crippen molar-refractivity contribution < 1.29 is 0 Å². The Balaban J connectivity index is 2.15. The maximum atomic E-state index is 4.70. The van der Waals surface area contributed by atoms with E-state index in [1.165, 1.54) is 20.0 Å². The Labute approximate surface area is 101 Å². The molecule has 78 valence electrons. The fourth-order valence-corrected chi connectivity index (χ4v) is 3.73. The Hall–Kier alpha value is -1.37. The quantitative estimate of drug-likeness (QED) is 0.620. The zero-order valence-corrected chi connectivity index (χ0v) is 10.7. The first-order chi connectivity index (χ1) is 7.83. The predicted molar refractivity (Wildman–Crippen MR) is 68.9 cm³/mol. The van der Waals surface area contributed by atoms with Crippen LogP contribution in [0.1, 0.15) is 5.56 Å². The van der Waals surface area contributed by atoms with Gasteiger partial charge in [-0.3, -0.25) is 0 Å². The van der Waals surface area contributed by atoms with Crippen LogP contribution in [-0.2, 0) is 0 Å². The molecule has 0 bridgehead atoms. The number of aromatic nitrogens is 1. The zero-order chi connectivity index (χ0) is 11.0. The molecule has 2 heteroatoms. The summed E-state index contributed by atoms with van der Waals surface area (Å²) in [6, 6.07) is 17.1. The van der Waals surface area contributed by atoms with Crippen LogP contribution in [0, 0.1) is 6.92 Å². The first-order valence-corrected chi connectivity index (χ1v) is 6.97. The molecule has 0 saturated heterocycles. The third-order valence-electron chi connectivity index (χ3n) is 2.59. The molecule has 3 aromatic rings. The summed E-state index contributed by atoms with van der Waals surface area (Å²) in [7, 11) is 0. The fourth-order valence-electron chi connectivity index (χ4n) is 1.69. The van der Waals surface area contributed by atoms with Crippen LogP contribution in [0.25, 0.3) is 19.9 Å². The van der Waals surface area contributed by atoms with Gasteiger partial charge in [0.15, 0.2) is 0 Å². The third-order valence-corrected chi connectivity index (χ3v) is 4.87. The van der Waals surface area contributed by atoms with Crippen LogP contribution in [0.5, 0.6) is 0 Å². The standard InChI is InChI=1S/C14H11NSe/c1-10-6-8-11(9-7-10)14-15-12-4-2-3-5-13(12)16-14/h2-9H,1H3. The number of hydrogen-bond donors (Lipinski definition) is 0. The Morgan fingerprint density at radius 2 is 1.69 bits per heavy atom. The molecule has 1 heterocycles. The number of nitrogens with zero attached hydrogens (tertiary/aromatic N) is 1. The topological polar surface area (TPSA) is 12.9 Å². The van der Waals surface area contributed by atoms with Gasteiger partial charge in [-0.1, -0.05) is 0 Å². The van der Waals surface area contributed by atoms with Gasteiger partial charge in [0.25, 0.3) is 0 Å². The van der Waals surface area contributed by atoms with E-state index < -0.39 is 0 Å². The summed E-state index contributed by atoms with van der Waals surface area (Å²) in [5.41, 5.74) is 3.72. The Morgan fingerprint density at radius 3 is 2.44 bits per heavy atom. The summed E-state index contributed by atoms with van der Waals surface area (Å²) < 4.78 is 2.64. The van der Waals surface area contributed by atoms with Gasteiger partial charge >= 0.3 is 100 Å². The molecule has 3 rings (SSSR count). The van der Waals surface area contributed by atoms with Crippen molar-refractivity contribution in [3.63, 3.8) is 0 Å². The van der Waals surface area contributed by atoms with Gasteiger partial charge in [0, 0.05) is 0 Å². The van der Waals surface area contributed by atoms with Crippen LogP contribution in [-0.4, -0.2) is 19.5 Å². The van der Waals surface area contributed by atoms with Crippen molar-refractivity contribution in [1.82, 2.24) is 4.98 Å². The van der Waals surface area contributed by atoms with Crippen molar-refractivity contribution in [1.29, 1.82) is 0 Å². The van der Waals surface area contributed by atoms with E-state index in [9.17, 15) is 0 Å². The van der Waals surface area contributed by atoms with Crippen molar-refractivity contribution >= 4 is 24.3 Å². The van der Waals surface area contributed by atoms with Gasteiger partial charge in [-0.25, -0.2) is 0 Å². The molecule has 0 amide bonds. The minimum absolute atomic E-state index is 0.367. The molecule has 0 aliphatic carbocycles. The van der Waals surface area contributed by atoms with E-state index in [1.807, 2.05) is 0 Å². The molecular formula is C14H11NSe. The average Bonchev–Trinajstić information content (AvgIpc) is 2.73. The van der Waals surface area contributed by atoms with E-state index in [2.05, 4.69) is 55.5 Å². The van der Waals surface area contributed by atoms with Gasteiger partial charge in [0.2, 0.25) is 0 Å². The van der Waals surface area contributed by atoms with E-state index >= 15 is 0 Å². The van der Waals surface area contributed by atoms with Crippen LogP contribution < -0.4 is 0 Å². The number of para-hydroxylation sites is 1. The van der Waals surface area contributed by atoms with Gasteiger partial charge in [0.1, 0.15) is 0 Å². The molecular weight excluding hydrogens is 261 g/mol. The van der Waals surface area contributed by atoms with Crippen molar-refractivity contribution in [3.8, 4) is 10.1 Å². The number of aryl methyl sites for hydroxylation is 1. The van der Waals surface area contributed by atoms with Crippen molar-refractivity contribution in [3.05, 3.63) is 54.1 Å². The molecule has 0 radical (unpaired) electrons. The van der Waals surface area contributed by atoms with E-state index in [0.29, 0.717) is 14.5 Å². The third kappa shape index (κ3) is 1.71. The van der Waals surface area contributed by atoms with Crippen LogP contribution >= 0.6 is 0 Å². The summed E-state index contributed by atoms with van der Waals surface area (Å²) >= 11 is 0.367. The average molecular weight is 272 g/mol. The fraction of sp³-hybridized carbons (Fsp3) is 0.0714. The molecule has 0 saturated carbocycles. The van der Waals surface area contributed by atoms with E-state index in [1.54, 1.807) is 0 Å². The number of hydrogen-bond acceptors (Lipinski definition) is 1. The summed E-state index contributed by atoms with van der Waals surface area (Å²) in [4.78, 5) is 4.70. The number of benzene rings is 2. The minimum atomic E-state index is 0.367. The van der Waals surface area contributed by atoms with Crippen molar-refractivity contribution in [2.24, 2.45) is 0 Å². The molecule has 0 fully saturated rings. The second-order valence-corrected chi connectivity index (χ2v) is 6.02. The predicted octanol–water partition coefficient (Wildman–Crippen LogP) is 3.27. The van der Waals surface area contributed by atoms with Crippen molar-refractivity contribution in [2.45, 2.75) is 6.92 Å². The molecule has 0 N–H and O–H groups in total. The van der Waals surface area contributed by atoms with Crippen LogP contribution in [0.2, 0.25) is 0 Å². The monoisotopic (exact) mass is 273 g/mol. The second-order valence-electron chi connectivity index (χ2n) is 3.85. The Kier molecular flexibility index (Phi) is 2.39. The Morgan fingerprint density at radius 1 is 0.938 bits per heavy atom. The molecule has 0 atom stereocenters. The summed E-state index contributed by atoms with van der Waals surface area (Å²) in [6.07, 6.45) is 0. The molecule has 0 unspecified atom stereocenters. The molecule has 16 heavy (non-hydrogen) atoms. The van der Waals surface area contributed by atoms with Gasteiger partial charge < -0.3 is 0 Å². The molecule has 2 aromatic carbocycles. The summed E-state index contributed by atoms with van der Waals surface area (Å²) in [6.45, 7) is 2.11. The van der Waals surface area contributed by atoms with E-state index in [-0.39, 0.29) is 0 Å². The molecule has 1 aromatic heterocycles. The van der Waals surface area contributed by atoms with Crippen LogP contribution in [0.15, 0.2) is 48.5 Å². The summed E-state index contributed by atoms with van der Waals surface area (Å²) in [5, 5.41) is 0. The van der Waals surface area contributed by atoms with Gasteiger partial charge in [-0.15, -0.1) is 0 Å². The second kappa shape index (κ2) is 3.89. The zero-order valence-electron chi connectivity index (χ0n) is 8.97. The van der Waals surface area contributed by atoms with Gasteiger partial charge in [-0.2, -0.15) is 0 Å². The first kappa shape index (κ1) is 9.83. The number of fused-ring (bicyclic) bond motifs is 1. The Bertz CT molecular complexity index is 590. The maximum absolute atomic E-state index is 4.70.